The van der Waals surface area contributed by atoms with Crippen molar-refractivity contribution in [2.45, 2.75) is 31.3 Å². The summed E-state index contributed by atoms with van der Waals surface area (Å²) in [6, 6.07) is 30.6. The van der Waals surface area contributed by atoms with Crippen molar-refractivity contribution in [3.05, 3.63) is 143 Å². The average Bonchev–Trinajstić information content (AvgIpc) is 3.32. The standard InChI is InChI=1S/C33H30FNO3S/c1-32(2,3)22-29(39(37,38)26-20-18-25(34)19-21-26)30-27-16-10-11-17-28(27)35-31(30)33(36,23-12-6-4-7-13-23)24-14-8-5-9-15-24/h4-22,35-36H,1-3H3/b29-22+. The molecule has 1 heterocycles. The molecule has 0 atom stereocenters. The number of rotatable bonds is 6. The van der Waals surface area contributed by atoms with Crippen LogP contribution in [0.25, 0.3) is 15.8 Å². The molecule has 1 aromatic heterocycles. The molecular formula is C33H30FNO3S. The molecular weight excluding hydrogens is 509 g/mol. The monoisotopic (exact) mass is 539 g/mol. The molecule has 5 rings (SSSR count). The Kier molecular flexibility index (Phi) is 6.79. The normalized spacial score (nSPS) is 13.1. The van der Waals surface area contributed by atoms with E-state index < -0.39 is 26.7 Å². The van der Waals surface area contributed by atoms with E-state index in [1.807, 2.05) is 106 Å². The minimum atomic E-state index is -4.15. The number of fused-ring (bicyclic) bond motifs is 1. The van der Waals surface area contributed by atoms with Crippen LogP contribution < -0.4 is 0 Å². The van der Waals surface area contributed by atoms with Gasteiger partial charge in [-0.15, -0.1) is 0 Å². The van der Waals surface area contributed by atoms with E-state index in [1.165, 1.54) is 12.1 Å². The Balaban J connectivity index is 1.92. The lowest BCUT2D eigenvalue weighted by Gasteiger charge is -2.31. The third kappa shape index (κ3) is 4.93. The number of aromatic amines is 1. The van der Waals surface area contributed by atoms with E-state index >= 15 is 0 Å². The first kappa shape index (κ1) is 26.6. The van der Waals surface area contributed by atoms with Gasteiger partial charge in [0.05, 0.1) is 15.5 Å². The SMILES string of the molecule is CC(C)(C)/C=C(\c1c(C(O)(c2ccccc2)c2ccccc2)[nH]c2ccccc12)S(=O)(=O)c1ccc(F)cc1. The lowest BCUT2D eigenvalue weighted by molar-refractivity contribution is 0.121. The zero-order chi connectivity index (χ0) is 27.8. The van der Waals surface area contributed by atoms with Crippen LogP contribution in [0.15, 0.2) is 120 Å². The number of allylic oxidation sites excluding steroid dienone is 1. The van der Waals surface area contributed by atoms with Gasteiger partial charge in [-0.3, -0.25) is 0 Å². The summed E-state index contributed by atoms with van der Waals surface area (Å²) < 4.78 is 42.4. The van der Waals surface area contributed by atoms with Gasteiger partial charge in [0.15, 0.2) is 5.60 Å². The third-order valence-electron chi connectivity index (χ3n) is 6.67. The van der Waals surface area contributed by atoms with Gasteiger partial charge in [-0.25, -0.2) is 12.8 Å². The molecule has 5 aromatic rings. The van der Waals surface area contributed by atoms with Crippen LogP contribution >= 0.6 is 0 Å². The lowest BCUT2D eigenvalue weighted by atomic mass is 9.81. The Morgan fingerprint density at radius 2 is 1.28 bits per heavy atom. The van der Waals surface area contributed by atoms with E-state index in [4.69, 9.17) is 0 Å². The van der Waals surface area contributed by atoms with Gasteiger partial charge in [0.25, 0.3) is 0 Å². The van der Waals surface area contributed by atoms with Gasteiger partial charge in [0.2, 0.25) is 9.84 Å². The fourth-order valence-electron chi connectivity index (χ4n) is 4.90. The van der Waals surface area contributed by atoms with Gasteiger partial charge < -0.3 is 10.1 Å². The smallest absolute Gasteiger partial charge is 0.206 e. The number of aromatic nitrogens is 1. The maximum absolute atomic E-state index is 14.3. The molecule has 2 N–H and O–H groups in total. The van der Waals surface area contributed by atoms with E-state index in [-0.39, 0.29) is 9.80 Å². The minimum Gasteiger partial charge on any atom is -0.375 e. The highest BCUT2D eigenvalue weighted by atomic mass is 32.2. The van der Waals surface area contributed by atoms with Crippen LogP contribution in [0.3, 0.4) is 0 Å². The summed E-state index contributed by atoms with van der Waals surface area (Å²) >= 11 is 0. The number of sulfone groups is 1. The highest BCUT2D eigenvalue weighted by Gasteiger charge is 2.41. The molecule has 0 bridgehead atoms. The first-order valence-electron chi connectivity index (χ1n) is 12.7. The molecule has 0 saturated carbocycles. The highest BCUT2D eigenvalue weighted by molar-refractivity contribution is 8.00. The van der Waals surface area contributed by atoms with Crippen molar-refractivity contribution in [2.75, 3.05) is 0 Å². The Labute approximate surface area is 228 Å². The molecule has 0 fully saturated rings. The van der Waals surface area contributed by atoms with Crippen molar-refractivity contribution in [1.82, 2.24) is 4.98 Å². The van der Waals surface area contributed by atoms with Gasteiger partial charge in [-0.1, -0.05) is 106 Å². The van der Waals surface area contributed by atoms with Crippen molar-refractivity contribution < 1.29 is 17.9 Å². The fourth-order valence-corrected chi connectivity index (χ4v) is 6.64. The van der Waals surface area contributed by atoms with Gasteiger partial charge in [-0.05, 0) is 46.9 Å². The van der Waals surface area contributed by atoms with E-state index in [1.54, 1.807) is 6.08 Å². The molecule has 198 valence electrons. The van der Waals surface area contributed by atoms with Gasteiger partial charge in [-0.2, -0.15) is 0 Å². The Morgan fingerprint density at radius 3 is 1.82 bits per heavy atom. The van der Waals surface area contributed by atoms with Gasteiger partial charge in [0, 0.05) is 16.5 Å². The fraction of sp³-hybridized carbons (Fsp3) is 0.152. The molecule has 0 spiro atoms. The van der Waals surface area contributed by atoms with Crippen LogP contribution in [0.4, 0.5) is 4.39 Å². The van der Waals surface area contributed by atoms with Crippen LogP contribution in [0, 0.1) is 11.2 Å². The molecule has 0 aliphatic carbocycles. The van der Waals surface area contributed by atoms with Crippen LogP contribution in [0.1, 0.15) is 43.2 Å². The summed E-state index contributed by atoms with van der Waals surface area (Å²) in [5.74, 6) is -0.523. The van der Waals surface area contributed by atoms with Gasteiger partial charge in [0.1, 0.15) is 5.82 Å². The molecule has 4 nitrogen and oxygen atoms in total. The molecule has 6 heteroatoms. The van der Waals surface area contributed by atoms with Crippen molar-refractivity contribution in [3.63, 3.8) is 0 Å². The van der Waals surface area contributed by atoms with Crippen molar-refractivity contribution in [2.24, 2.45) is 5.41 Å². The van der Waals surface area contributed by atoms with Crippen molar-refractivity contribution in [1.29, 1.82) is 0 Å². The molecule has 0 radical (unpaired) electrons. The van der Waals surface area contributed by atoms with Crippen LogP contribution in [0.2, 0.25) is 0 Å². The second-order valence-corrected chi connectivity index (χ2v) is 12.6. The Hall–Kier alpha value is -4.00. The largest absolute Gasteiger partial charge is 0.375 e. The summed E-state index contributed by atoms with van der Waals surface area (Å²) in [4.78, 5) is 3.40. The maximum Gasteiger partial charge on any atom is 0.206 e. The summed E-state index contributed by atoms with van der Waals surface area (Å²) in [7, 11) is -4.15. The highest BCUT2D eigenvalue weighted by Crippen LogP contribution is 2.45. The van der Waals surface area contributed by atoms with Crippen LogP contribution in [-0.4, -0.2) is 18.5 Å². The molecule has 0 unspecified atom stereocenters. The number of benzene rings is 4. The summed E-state index contributed by atoms with van der Waals surface area (Å²) in [6.07, 6.45) is 1.71. The second-order valence-electron chi connectivity index (χ2n) is 10.7. The van der Waals surface area contributed by atoms with Crippen LogP contribution in [-0.2, 0) is 15.4 Å². The number of aliphatic hydroxyl groups is 1. The zero-order valence-corrected chi connectivity index (χ0v) is 22.8. The second kappa shape index (κ2) is 9.95. The summed E-state index contributed by atoms with van der Waals surface area (Å²) in [5, 5.41) is 13.4. The molecule has 0 aliphatic heterocycles. The Morgan fingerprint density at radius 1 is 0.769 bits per heavy atom. The average molecular weight is 540 g/mol. The minimum absolute atomic E-state index is 0.0291. The number of H-pyrrole nitrogens is 1. The van der Waals surface area contributed by atoms with Crippen molar-refractivity contribution >= 4 is 25.6 Å². The predicted molar refractivity (Wildman–Crippen MR) is 154 cm³/mol. The molecule has 39 heavy (non-hydrogen) atoms. The molecule has 0 amide bonds. The van der Waals surface area contributed by atoms with E-state index in [0.29, 0.717) is 33.3 Å². The maximum atomic E-state index is 14.3. The topological polar surface area (TPSA) is 70.2 Å². The molecule has 0 aliphatic rings. The first-order chi connectivity index (χ1) is 18.5. The summed E-state index contributed by atoms with van der Waals surface area (Å²) in [6.45, 7) is 5.76. The van der Waals surface area contributed by atoms with E-state index in [2.05, 4.69) is 4.98 Å². The Bertz CT molecular complexity index is 1710. The number of nitrogens with one attached hydrogen (secondary N) is 1. The predicted octanol–water partition coefficient (Wildman–Crippen LogP) is 7.45. The summed E-state index contributed by atoms with van der Waals surface area (Å²) in [5.41, 5.74) is 0.294. The quantitative estimate of drug-likeness (QED) is 0.220. The third-order valence-corrected chi connectivity index (χ3v) is 8.47. The van der Waals surface area contributed by atoms with E-state index in [0.717, 1.165) is 12.1 Å². The number of halogens is 1. The van der Waals surface area contributed by atoms with Crippen LogP contribution in [0.5, 0.6) is 0 Å². The van der Waals surface area contributed by atoms with Gasteiger partial charge >= 0.3 is 0 Å². The number of hydrogen-bond acceptors (Lipinski definition) is 3. The molecule has 0 saturated heterocycles. The molecule has 4 aromatic carbocycles. The lowest BCUT2D eigenvalue weighted by Crippen LogP contribution is -2.31. The van der Waals surface area contributed by atoms with Crippen molar-refractivity contribution in [3.8, 4) is 0 Å². The first-order valence-corrected chi connectivity index (χ1v) is 14.2. The van der Waals surface area contributed by atoms with E-state index in [9.17, 15) is 17.9 Å². The number of hydrogen-bond donors (Lipinski definition) is 2. The number of para-hydroxylation sites is 1. The zero-order valence-electron chi connectivity index (χ0n) is 22.0.